The van der Waals surface area contributed by atoms with Crippen molar-refractivity contribution in [2.45, 2.75) is 19.4 Å². The number of carbonyl (C=O) groups excluding carboxylic acids is 1. The molecule has 1 N–H and O–H groups in total. The second-order valence-corrected chi connectivity index (χ2v) is 5.02. The standard InChI is InChI=1S/C15H18FN3O2/c1-2-11(10-17)18-6-8-19(9-7-18)15(21)14-12(16)4-3-5-13(14)20/h3-5,11,20H,2,6-9H2,1H3. The number of aromatic hydroxyl groups is 1. The molecule has 1 aliphatic rings. The van der Waals surface area contributed by atoms with E-state index < -0.39 is 11.7 Å². The topological polar surface area (TPSA) is 67.6 Å². The first kappa shape index (κ1) is 15.3. The summed E-state index contributed by atoms with van der Waals surface area (Å²) in [6.07, 6.45) is 0.735. The zero-order chi connectivity index (χ0) is 15.4. The second-order valence-electron chi connectivity index (χ2n) is 5.02. The molecule has 6 heteroatoms. The van der Waals surface area contributed by atoms with Crippen molar-refractivity contribution >= 4 is 5.91 Å². The highest BCUT2D eigenvalue weighted by Crippen LogP contribution is 2.22. The van der Waals surface area contributed by atoms with E-state index in [1.54, 1.807) is 0 Å². The molecule has 1 amide bonds. The lowest BCUT2D eigenvalue weighted by molar-refractivity contribution is 0.0597. The minimum atomic E-state index is -0.717. The van der Waals surface area contributed by atoms with Crippen LogP contribution in [0.2, 0.25) is 0 Å². The maximum absolute atomic E-state index is 13.7. The van der Waals surface area contributed by atoms with Crippen molar-refractivity contribution in [3.63, 3.8) is 0 Å². The minimum Gasteiger partial charge on any atom is -0.507 e. The third kappa shape index (κ3) is 3.14. The van der Waals surface area contributed by atoms with Crippen molar-refractivity contribution in [1.82, 2.24) is 9.80 Å². The summed E-state index contributed by atoms with van der Waals surface area (Å²) in [6.45, 7) is 3.94. The number of amides is 1. The van der Waals surface area contributed by atoms with Crippen molar-refractivity contribution in [3.05, 3.63) is 29.6 Å². The zero-order valence-electron chi connectivity index (χ0n) is 11.9. The molecule has 1 unspecified atom stereocenters. The number of nitriles is 1. The van der Waals surface area contributed by atoms with Gasteiger partial charge in [0.25, 0.3) is 5.91 Å². The highest BCUT2D eigenvalue weighted by molar-refractivity contribution is 5.97. The summed E-state index contributed by atoms with van der Waals surface area (Å²) in [6, 6.07) is 5.91. The van der Waals surface area contributed by atoms with Gasteiger partial charge in [0.15, 0.2) is 0 Å². The lowest BCUT2D eigenvalue weighted by Crippen LogP contribution is -2.51. The number of hydrogen-bond acceptors (Lipinski definition) is 4. The maximum atomic E-state index is 13.7. The van der Waals surface area contributed by atoms with Gasteiger partial charge in [-0.15, -0.1) is 0 Å². The molecule has 1 aromatic rings. The monoisotopic (exact) mass is 291 g/mol. The Kier molecular flexibility index (Phi) is 4.76. The van der Waals surface area contributed by atoms with Crippen LogP contribution in [0.15, 0.2) is 18.2 Å². The van der Waals surface area contributed by atoms with Crippen molar-refractivity contribution < 1.29 is 14.3 Å². The van der Waals surface area contributed by atoms with Crippen LogP contribution in [0, 0.1) is 17.1 Å². The molecule has 2 rings (SSSR count). The lowest BCUT2D eigenvalue weighted by atomic mass is 10.1. The first-order valence-corrected chi connectivity index (χ1v) is 6.99. The van der Waals surface area contributed by atoms with Gasteiger partial charge >= 0.3 is 0 Å². The first-order valence-electron chi connectivity index (χ1n) is 6.99. The average molecular weight is 291 g/mol. The van der Waals surface area contributed by atoms with Crippen LogP contribution in [-0.4, -0.2) is 53.0 Å². The normalized spacial score (nSPS) is 17.3. The average Bonchev–Trinajstić information content (AvgIpc) is 2.49. The largest absolute Gasteiger partial charge is 0.507 e. The number of phenolic OH excluding ortho intramolecular Hbond substituents is 1. The Balaban J connectivity index is 2.06. The van der Waals surface area contributed by atoms with Crippen LogP contribution in [0.5, 0.6) is 5.75 Å². The summed E-state index contributed by atoms with van der Waals surface area (Å²) in [5, 5.41) is 18.7. The Morgan fingerprint density at radius 3 is 2.62 bits per heavy atom. The second kappa shape index (κ2) is 6.55. The van der Waals surface area contributed by atoms with Crippen LogP contribution in [0.3, 0.4) is 0 Å². The molecule has 0 spiro atoms. The number of piperazine rings is 1. The fourth-order valence-corrected chi connectivity index (χ4v) is 2.55. The van der Waals surface area contributed by atoms with E-state index in [1.165, 1.54) is 17.0 Å². The van der Waals surface area contributed by atoms with E-state index >= 15 is 0 Å². The van der Waals surface area contributed by atoms with Gasteiger partial charge < -0.3 is 10.0 Å². The predicted molar refractivity (Wildman–Crippen MR) is 75.2 cm³/mol. The maximum Gasteiger partial charge on any atom is 0.260 e. The van der Waals surface area contributed by atoms with E-state index in [-0.39, 0.29) is 17.4 Å². The number of benzene rings is 1. The van der Waals surface area contributed by atoms with Gasteiger partial charge in [0.1, 0.15) is 17.1 Å². The molecule has 0 aromatic heterocycles. The predicted octanol–water partition coefficient (Wildman–Crippen LogP) is 1.59. The van der Waals surface area contributed by atoms with Crippen molar-refractivity contribution in [1.29, 1.82) is 5.26 Å². The van der Waals surface area contributed by atoms with Crippen molar-refractivity contribution in [2.24, 2.45) is 0 Å². The van der Waals surface area contributed by atoms with Gasteiger partial charge in [-0.05, 0) is 18.6 Å². The molecule has 5 nitrogen and oxygen atoms in total. The van der Waals surface area contributed by atoms with E-state index in [2.05, 4.69) is 6.07 Å². The van der Waals surface area contributed by atoms with E-state index in [4.69, 9.17) is 5.26 Å². The highest BCUT2D eigenvalue weighted by atomic mass is 19.1. The van der Waals surface area contributed by atoms with Crippen LogP contribution in [0.4, 0.5) is 4.39 Å². The Morgan fingerprint density at radius 1 is 1.43 bits per heavy atom. The summed E-state index contributed by atoms with van der Waals surface area (Å²) in [7, 11) is 0. The number of carbonyl (C=O) groups is 1. The number of nitrogens with zero attached hydrogens (tertiary/aromatic N) is 3. The van der Waals surface area contributed by atoms with Gasteiger partial charge in [0.05, 0.1) is 12.1 Å². The third-order valence-electron chi connectivity index (χ3n) is 3.78. The minimum absolute atomic E-state index is 0.149. The molecule has 1 atom stereocenters. The number of hydrogen-bond donors (Lipinski definition) is 1. The Labute approximate surface area is 123 Å². The smallest absolute Gasteiger partial charge is 0.260 e. The van der Waals surface area contributed by atoms with Crippen LogP contribution in [0.25, 0.3) is 0 Å². The molecule has 0 saturated carbocycles. The zero-order valence-corrected chi connectivity index (χ0v) is 11.9. The summed E-state index contributed by atoms with van der Waals surface area (Å²) >= 11 is 0. The van der Waals surface area contributed by atoms with E-state index in [9.17, 15) is 14.3 Å². The molecule has 1 fully saturated rings. The van der Waals surface area contributed by atoms with Crippen molar-refractivity contribution in [3.8, 4) is 11.8 Å². The fraction of sp³-hybridized carbons (Fsp3) is 0.467. The SMILES string of the molecule is CCC(C#N)N1CCN(C(=O)c2c(O)cccc2F)CC1. The van der Waals surface area contributed by atoms with Crippen molar-refractivity contribution in [2.75, 3.05) is 26.2 Å². The van der Waals surface area contributed by atoms with E-state index in [1.807, 2.05) is 11.8 Å². The van der Waals surface area contributed by atoms with Crippen LogP contribution >= 0.6 is 0 Å². The number of rotatable bonds is 3. The Bertz CT molecular complexity index is 542. The fourth-order valence-electron chi connectivity index (χ4n) is 2.55. The number of phenols is 1. The summed E-state index contributed by atoms with van der Waals surface area (Å²) in [5.41, 5.74) is -0.279. The summed E-state index contributed by atoms with van der Waals surface area (Å²) < 4.78 is 13.7. The van der Waals surface area contributed by atoms with Crippen LogP contribution < -0.4 is 0 Å². The molecule has 1 heterocycles. The molecule has 1 saturated heterocycles. The van der Waals surface area contributed by atoms with Crippen LogP contribution in [-0.2, 0) is 0 Å². The van der Waals surface area contributed by atoms with E-state index in [0.717, 1.165) is 12.5 Å². The van der Waals surface area contributed by atoms with Gasteiger partial charge in [-0.3, -0.25) is 9.69 Å². The van der Waals surface area contributed by atoms with Gasteiger partial charge in [0.2, 0.25) is 0 Å². The molecular weight excluding hydrogens is 273 g/mol. The van der Waals surface area contributed by atoms with Gasteiger partial charge in [-0.1, -0.05) is 13.0 Å². The summed E-state index contributed by atoms with van der Waals surface area (Å²) in [4.78, 5) is 15.8. The van der Waals surface area contributed by atoms with Crippen LogP contribution in [0.1, 0.15) is 23.7 Å². The van der Waals surface area contributed by atoms with Gasteiger partial charge in [-0.25, -0.2) is 4.39 Å². The molecule has 1 aliphatic heterocycles. The van der Waals surface area contributed by atoms with Gasteiger partial charge in [0, 0.05) is 26.2 Å². The summed E-state index contributed by atoms with van der Waals surface area (Å²) in [5.74, 6) is -1.56. The molecule has 0 bridgehead atoms. The molecular formula is C15H18FN3O2. The molecule has 1 aromatic carbocycles. The van der Waals surface area contributed by atoms with E-state index in [0.29, 0.717) is 26.2 Å². The van der Waals surface area contributed by atoms with Gasteiger partial charge in [-0.2, -0.15) is 5.26 Å². The Morgan fingerprint density at radius 2 is 2.10 bits per heavy atom. The molecule has 0 aliphatic carbocycles. The highest BCUT2D eigenvalue weighted by Gasteiger charge is 2.28. The molecule has 112 valence electrons. The number of halogens is 1. The lowest BCUT2D eigenvalue weighted by Gasteiger charge is -2.36. The molecule has 21 heavy (non-hydrogen) atoms. The Hall–Kier alpha value is -2.13. The molecule has 0 radical (unpaired) electrons. The first-order chi connectivity index (χ1) is 10.1. The third-order valence-corrected chi connectivity index (χ3v) is 3.78. The quantitative estimate of drug-likeness (QED) is 0.918.